The number of nitrogens with zero attached hydrogens (tertiary/aromatic N) is 2. The summed E-state index contributed by atoms with van der Waals surface area (Å²) in [6.45, 7) is 5.52. The van der Waals surface area contributed by atoms with Gasteiger partial charge in [-0.25, -0.2) is 5.10 Å². The largest absolute Gasteiger partial charge is 0.375 e. The first kappa shape index (κ1) is 20.3. The molecule has 0 radical (unpaired) electrons. The maximum Gasteiger partial charge on any atom is 0.272 e. The number of fused-ring (bicyclic) bond motifs is 1. The average Bonchev–Trinajstić information content (AvgIpc) is 2.76. The third-order valence-corrected chi connectivity index (χ3v) is 5.51. The number of hydrogen-bond acceptors (Lipinski definition) is 4. The summed E-state index contributed by atoms with van der Waals surface area (Å²) in [5, 5.41) is 8.29. The van der Waals surface area contributed by atoms with Crippen molar-refractivity contribution in [2.24, 2.45) is 0 Å². The average molecular weight is 405 g/mol. The Morgan fingerprint density at radius 2 is 1.87 bits per heavy atom. The van der Waals surface area contributed by atoms with E-state index in [0.717, 1.165) is 29.5 Å². The number of H-pyrrole nitrogens is 1. The van der Waals surface area contributed by atoms with E-state index in [-0.39, 0.29) is 23.7 Å². The molecule has 1 aliphatic heterocycles. The maximum absolute atomic E-state index is 13.0. The highest BCUT2D eigenvalue weighted by Crippen LogP contribution is 2.20. The minimum absolute atomic E-state index is 0.0548. The summed E-state index contributed by atoms with van der Waals surface area (Å²) >= 11 is 0. The number of carbonyl (C=O) groups excluding carboxylic acids is 1. The van der Waals surface area contributed by atoms with Gasteiger partial charge in [-0.1, -0.05) is 30.3 Å². The Morgan fingerprint density at radius 3 is 2.60 bits per heavy atom. The Hall–Kier alpha value is -2.99. The number of aromatic amines is 1. The van der Waals surface area contributed by atoms with Gasteiger partial charge in [0.05, 0.1) is 23.3 Å². The molecule has 1 amide bonds. The number of hydrogen-bond donors (Lipinski definition) is 1. The smallest absolute Gasteiger partial charge is 0.272 e. The lowest BCUT2D eigenvalue weighted by atomic mass is 10.0. The molecule has 0 atom stereocenters. The van der Waals surface area contributed by atoms with Crippen molar-refractivity contribution in [3.8, 4) is 0 Å². The van der Waals surface area contributed by atoms with Crippen LogP contribution in [0.1, 0.15) is 48.3 Å². The zero-order valence-corrected chi connectivity index (χ0v) is 17.4. The number of benzene rings is 2. The van der Waals surface area contributed by atoms with E-state index in [2.05, 4.69) is 10.2 Å². The highest BCUT2D eigenvalue weighted by atomic mass is 16.5. The number of likely N-dealkylation sites (tertiary alicyclic amines) is 1. The summed E-state index contributed by atoms with van der Waals surface area (Å²) in [4.78, 5) is 26.9. The maximum atomic E-state index is 13.0. The molecule has 1 fully saturated rings. The van der Waals surface area contributed by atoms with Crippen molar-refractivity contribution in [2.75, 3.05) is 13.1 Å². The van der Waals surface area contributed by atoms with Crippen LogP contribution in [0.25, 0.3) is 10.8 Å². The number of ether oxygens (including phenoxy) is 1. The van der Waals surface area contributed by atoms with Gasteiger partial charge in [-0.05, 0) is 50.5 Å². The van der Waals surface area contributed by atoms with Gasteiger partial charge in [-0.15, -0.1) is 0 Å². The van der Waals surface area contributed by atoms with Gasteiger partial charge >= 0.3 is 0 Å². The van der Waals surface area contributed by atoms with Gasteiger partial charge in [0.15, 0.2) is 0 Å². The number of rotatable bonds is 5. The fourth-order valence-electron chi connectivity index (χ4n) is 4.08. The molecule has 6 nitrogen and oxygen atoms in total. The molecular weight excluding hydrogens is 378 g/mol. The third kappa shape index (κ3) is 4.44. The molecule has 0 saturated carbocycles. The lowest BCUT2D eigenvalue weighted by Crippen LogP contribution is -2.41. The molecule has 0 spiro atoms. The van der Waals surface area contributed by atoms with E-state index in [1.54, 1.807) is 6.07 Å². The van der Waals surface area contributed by atoms with Gasteiger partial charge in [0.1, 0.15) is 0 Å². The monoisotopic (exact) mass is 405 g/mol. The Morgan fingerprint density at radius 1 is 1.13 bits per heavy atom. The minimum Gasteiger partial charge on any atom is -0.375 e. The molecule has 4 rings (SSSR count). The van der Waals surface area contributed by atoms with Crippen molar-refractivity contribution in [3.63, 3.8) is 0 Å². The van der Waals surface area contributed by atoms with Crippen LogP contribution in [0.15, 0.2) is 53.3 Å². The van der Waals surface area contributed by atoms with Crippen molar-refractivity contribution < 1.29 is 9.53 Å². The Bertz CT molecular complexity index is 1100. The third-order valence-electron chi connectivity index (χ3n) is 5.51. The Balaban J connectivity index is 1.49. The van der Waals surface area contributed by atoms with Crippen LogP contribution in [0.5, 0.6) is 0 Å². The van der Waals surface area contributed by atoms with Crippen molar-refractivity contribution >= 4 is 16.7 Å². The highest BCUT2D eigenvalue weighted by Gasteiger charge is 2.24. The van der Waals surface area contributed by atoms with E-state index in [1.807, 2.05) is 61.2 Å². The van der Waals surface area contributed by atoms with E-state index in [9.17, 15) is 9.59 Å². The molecule has 0 bridgehead atoms. The first-order valence-electron chi connectivity index (χ1n) is 10.5. The lowest BCUT2D eigenvalue weighted by Gasteiger charge is -2.33. The van der Waals surface area contributed by atoms with Crippen molar-refractivity contribution in [2.45, 2.75) is 45.3 Å². The molecule has 0 aliphatic carbocycles. The van der Waals surface area contributed by atoms with Gasteiger partial charge in [0.25, 0.3) is 11.5 Å². The van der Waals surface area contributed by atoms with Crippen LogP contribution in [0.2, 0.25) is 0 Å². The number of piperidine rings is 1. The molecule has 156 valence electrons. The molecule has 0 unspecified atom stereocenters. The standard InChI is InChI=1S/C24H27N3O3/c1-16(2)30-19-10-12-27(13-11-19)24(29)18-7-5-6-17(14-18)15-22-20-8-3-4-9-21(20)23(28)26-25-22/h3-9,14,16,19H,10-13,15H2,1-2H3,(H,26,28). The highest BCUT2D eigenvalue weighted by molar-refractivity contribution is 5.94. The molecule has 30 heavy (non-hydrogen) atoms. The van der Waals surface area contributed by atoms with E-state index < -0.39 is 0 Å². The van der Waals surface area contributed by atoms with Gasteiger partial charge < -0.3 is 9.64 Å². The van der Waals surface area contributed by atoms with Crippen LogP contribution in [-0.2, 0) is 11.2 Å². The fourth-order valence-corrected chi connectivity index (χ4v) is 4.08. The van der Waals surface area contributed by atoms with Crippen molar-refractivity contribution in [1.82, 2.24) is 15.1 Å². The van der Waals surface area contributed by atoms with Crippen molar-refractivity contribution in [1.29, 1.82) is 0 Å². The van der Waals surface area contributed by atoms with E-state index in [4.69, 9.17) is 4.74 Å². The van der Waals surface area contributed by atoms with Crippen LogP contribution in [-0.4, -0.2) is 46.3 Å². The van der Waals surface area contributed by atoms with Gasteiger partial charge in [0, 0.05) is 30.5 Å². The minimum atomic E-state index is -0.192. The summed E-state index contributed by atoms with van der Waals surface area (Å²) in [7, 11) is 0. The molecule has 6 heteroatoms. The topological polar surface area (TPSA) is 75.3 Å². The normalized spacial score (nSPS) is 15.1. The van der Waals surface area contributed by atoms with Gasteiger partial charge in [0.2, 0.25) is 0 Å². The van der Waals surface area contributed by atoms with Crippen LogP contribution in [0.4, 0.5) is 0 Å². The summed E-state index contributed by atoms with van der Waals surface area (Å²) < 4.78 is 5.88. The molecule has 1 N–H and O–H groups in total. The van der Waals surface area contributed by atoms with E-state index in [0.29, 0.717) is 30.5 Å². The fraction of sp³-hybridized carbons (Fsp3) is 0.375. The summed E-state index contributed by atoms with van der Waals surface area (Å²) in [5.74, 6) is 0.0548. The first-order valence-corrected chi connectivity index (χ1v) is 10.5. The molecule has 1 aromatic heterocycles. The quantitative estimate of drug-likeness (QED) is 0.704. The molecular formula is C24H27N3O3. The van der Waals surface area contributed by atoms with Crippen molar-refractivity contribution in [3.05, 3.63) is 75.7 Å². The second-order valence-electron chi connectivity index (χ2n) is 8.10. The SMILES string of the molecule is CC(C)OC1CCN(C(=O)c2cccc(Cc3n[nH]c(=O)c4ccccc34)c2)CC1. The predicted molar refractivity (Wildman–Crippen MR) is 117 cm³/mol. The summed E-state index contributed by atoms with van der Waals surface area (Å²) in [6.07, 6.45) is 2.74. The second-order valence-corrected chi connectivity index (χ2v) is 8.10. The molecule has 2 aromatic carbocycles. The zero-order valence-electron chi connectivity index (χ0n) is 17.4. The van der Waals surface area contributed by atoms with E-state index >= 15 is 0 Å². The lowest BCUT2D eigenvalue weighted by molar-refractivity contribution is -0.0236. The number of aromatic nitrogens is 2. The predicted octanol–water partition coefficient (Wildman–Crippen LogP) is 3.54. The van der Waals surface area contributed by atoms with E-state index in [1.165, 1.54) is 0 Å². The Labute approximate surface area is 175 Å². The summed E-state index contributed by atoms with van der Waals surface area (Å²) in [5.41, 5.74) is 2.28. The second kappa shape index (κ2) is 8.79. The number of amides is 1. The first-order chi connectivity index (χ1) is 14.5. The number of nitrogens with one attached hydrogen (secondary N) is 1. The van der Waals surface area contributed by atoms with Crippen LogP contribution >= 0.6 is 0 Å². The Kier molecular flexibility index (Phi) is 5.95. The molecule has 1 aliphatic rings. The van der Waals surface area contributed by atoms with Crippen LogP contribution < -0.4 is 5.56 Å². The van der Waals surface area contributed by atoms with Crippen LogP contribution in [0.3, 0.4) is 0 Å². The van der Waals surface area contributed by atoms with Crippen LogP contribution in [0, 0.1) is 0 Å². The molecule has 2 heterocycles. The zero-order chi connectivity index (χ0) is 21.1. The molecule has 3 aromatic rings. The number of carbonyl (C=O) groups is 1. The van der Waals surface area contributed by atoms with Gasteiger partial charge in [-0.2, -0.15) is 5.10 Å². The molecule has 1 saturated heterocycles. The summed E-state index contributed by atoms with van der Waals surface area (Å²) in [6, 6.07) is 15.1. The van der Waals surface area contributed by atoms with Gasteiger partial charge in [-0.3, -0.25) is 9.59 Å².